The van der Waals surface area contributed by atoms with Crippen molar-refractivity contribution in [3.63, 3.8) is 0 Å². The molecule has 3 aromatic carbocycles. The van der Waals surface area contributed by atoms with Gasteiger partial charge in [0.2, 0.25) is 11.8 Å². The van der Waals surface area contributed by atoms with Crippen LogP contribution in [0.3, 0.4) is 0 Å². The van der Waals surface area contributed by atoms with E-state index in [2.05, 4.69) is 21.2 Å². The average Bonchev–Trinajstić information content (AvgIpc) is 3.43. The lowest BCUT2D eigenvalue weighted by atomic mass is 10.1. The fourth-order valence-corrected chi connectivity index (χ4v) is 6.83. The first-order valence-electron chi connectivity index (χ1n) is 13.2. The van der Waals surface area contributed by atoms with Crippen LogP contribution in [0.1, 0.15) is 43.7 Å². The topological polar surface area (TPSA) is 86.8 Å². The number of carbonyl (C=O) groups is 2. The highest BCUT2D eigenvalue weighted by Gasteiger charge is 2.33. The van der Waals surface area contributed by atoms with Crippen molar-refractivity contribution in [2.75, 3.05) is 10.8 Å². The molecule has 0 spiro atoms. The summed E-state index contributed by atoms with van der Waals surface area (Å²) < 4.78 is 29.7. The summed E-state index contributed by atoms with van der Waals surface area (Å²) in [5.74, 6) is -0.744. The molecule has 0 aliphatic heterocycles. The SMILES string of the molecule is Cc1cccc(N(CC(=O)N(Cc2cccc(Br)c2)[C@@H](C)C(=O)NC2CCCC2)S(=O)(=O)c2ccc(Cl)cc2)c1. The first-order valence-corrected chi connectivity index (χ1v) is 15.8. The van der Waals surface area contributed by atoms with E-state index in [-0.39, 0.29) is 23.4 Å². The Morgan fingerprint density at radius 1 is 1.02 bits per heavy atom. The van der Waals surface area contributed by atoms with Crippen molar-refractivity contribution in [3.05, 3.63) is 93.4 Å². The van der Waals surface area contributed by atoms with Gasteiger partial charge in [-0.25, -0.2) is 8.42 Å². The van der Waals surface area contributed by atoms with E-state index in [1.165, 1.54) is 29.2 Å². The van der Waals surface area contributed by atoms with Crippen LogP contribution in [0.4, 0.5) is 5.69 Å². The number of nitrogens with zero attached hydrogens (tertiary/aromatic N) is 2. The van der Waals surface area contributed by atoms with Gasteiger partial charge in [-0.2, -0.15) is 0 Å². The highest BCUT2D eigenvalue weighted by Crippen LogP contribution is 2.27. The van der Waals surface area contributed by atoms with Crippen molar-refractivity contribution in [3.8, 4) is 0 Å². The number of halogens is 2. The van der Waals surface area contributed by atoms with E-state index in [9.17, 15) is 18.0 Å². The summed E-state index contributed by atoms with van der Waals surface area (Å²) in [7, 11) is -4.14. The summed E-state index contributed by atoms with van der Waals surface area (Å²) in [4.78, 5) is 28.8. The number of amides is 2. The second-order valence-electron chi connectivity index (χ2n) is 10.1. The molecule has 7 nitrogen and oxygen atoms in total. The molecule has 212 valence electrons. The van der Waals surface area contributed by atoms with Crippen molar-refractivity contribution in [2.45, 2.75) is 63.1 Å². The van der Waals surface area contributed by atoms with Crippen molar-refractivity contribution in [2.24, 2.45) is 0 Å². The Labute approximate surface area is 249 Å². The maximum Gasteiger partial charge on any atom is 0.264 e. The zero-order chi connectivity index (χ0) is 28.9. The largest absolute Gasteiger partial charge is 0.352 e. The molecular weight excluding hydrogens is 614 g/mol. The predicted octanol–water partition coefficient (Wildman–Crippen LogP) is 6.08. The van der Waals surface area contributed by atoms with Gasteiger partial charge in [-0.3, -0.25) is 13.9 Å². The van der Waals surface area contributed by atoms with Crippen molar-refractivity contribution >= 4 is 55.1 Å². The number of nitrogens with one attached hydrogen (secondary N) is 1. The molecule has 0 heterocycles. The first-order chi connectivity index (χ1) is 19.0. The van der Waals surface area contributed by atoms with Gasteiger partial charge in [-0.15, -0.1) is 0 Å². The van der Waals surface area contributed by atoms with E-state index >= 15 is 0 Å². The van der Waals surface area contributed by atoms with Gasteiger partial charge in [0.25, 0.3) is 10.0 Å². The summed E-state index contributed by atoms with van der Waals surface area (Å²) in [5, 5.41) is 3.48. The van der Waals surface area contributed by atoms with Gasteiger partial charge < -0.3 is 10.2 Å². The van der Waals surface area contributed by atoms with Crippen LogP contribution >= 0.6 is 27.5 Å². The summed E-state index contributed by atoms with van der Waals surface area (Å²) >= 11 is 9.48. The Morgan fingerprint density at radius 3 is 2.35 bits per heavy atom. The molecule has 40 heavy (non-hydrogen) atoms. The zero-order valence-electron chi connectivity index (χ0n) is 22.5. The standard InChI is InChI=1S/C30H33BrClN3O4S/c1-21-7-5-12-27(17-21)35(40(38,39)28-15-13-25(32)14-16-28)20-29(36)34(19-23-8-6-9-24(31)18-23)22(2)30(37)33-26-10-3-4-11-26/h5-9,12-18,22,26H,3-4,10-11,19-20H2,1-2H3,(H,33,37)/t22-/m0/s1. The van der Waals surface area contributed by atoms with Crippen LogP contribution in [0.5, 0.6) is 0 Å². The highest BCUT2D eigenvalue weighted by atomic mass is 79.9. The second kappa shape index (κ2) is 13.2. The van der Waals surface area contributed by atoms with Gasteiger partial charge in [0.05, 0.1) is 10.6 Å². The minimum atomic E-state index is -4.14. The molecule has 4 rings (SSSR count). The summed E-state index contributed by atoms with van der Waals surface area (Å²) in [6.07, 6.45) is 3.96. The number of benzene rings is 3. The smallest absolute Gasteiger partial charge is 0.264 e. The van der Waals surface area contributed by atoms with E-state index < -0.39 is 28.5 Å². The van der Waals surface area contributed by atoms with E-state index in [4.69, 9.17) is 11.6 Å². The Morgan fingerprint density at radius 2 is 1.70 bits per heavy atom. The van der Waals surface area contributed by atoms with Crippen molar-refractivity contribution in [1.29, 1.82) is 0 Å². The quantitative estimate of drug-likeness (QED) is 0.289. The van der Waals surface area contributed by atoms with Crippen LogP contribution in [0.25, 0.3) is 0 Å². The number of hydrogen-bond donors (Lipinski definition) is 1. The number of anilines is 1. The second-order valence-corrected chi connectivity index (χ2v) is 13.3. The van der Waals surface area contributed by atoms with Gasteiger partial charge in [0, 0.05) is 22.1 Å². The molecule has 1 aliphatic carbocycles. The molecule has 1 N–H and O–H groups in total. The van der Waals surface area contributed by atoms with Crippen LogP contribution in [-0.2, 0) is 26.2 Å². The number of rotatable bonds is 10. The summed E-state index contributed by atoms with van der Waals surface area (Å²) in [6, 6.07) is 19.6. The molecule has 0 saturated heterocycles. The van der Waals surface area contributed by atoms with Crippen LogP contribution < -0.4 is 9.62 Å². The molecule has 0 radical (unpaired) electrons. The van der Waals surface area contributed by atoms with Crippen molar-refractivity contribution < 1.29 is 18.0 Å². The van der Waals surface area contributed by atoms with Crippen molar-refractivity contribution in [1.82, 2.24) is 10.2 Å². The third-order valence-corrected chi connectivity index (χ3v) is 9.61. The molecule has 0 aromatic heterocycles. The van der Waals surface area contributed by atoms with E-state index in [0.717, 1.165) is 45.6 Å². The molecular formula is C30H33BrClN3O4S. The number of carbonyl (C=O) groups excluding carboxylic acids is 2. The van der Waals surface area contributed by atoms with Gasteiger partial charge in [-0.1, -0.05) is 64.6 Å². The molecule has 1 aliphatic rings. The predicted molar refractivity (Wildman–Crippen MR) is 162 cm³/mol. The third kappa shape index (κ3) is 7.44. The summed E-state index contributed by atoms with van der Waals surface area (Å²) in [6.45, 7) is 3.20. The lowest BCUT2D eigenvalue weighted by molar-refractivity contribution is -0.139. The van der Waals surface area contributed by atoms with Crippen LogP contribution in [0, 0.1) is 6.92 Å². The van der Waals surface area contributed by atoms with Crippen LogP contribution in [-0.4, -0.2) is 43.8 Å². The fourth-order valence-electron chi connectivity index (χ4n) is 4.85. The van der Waals surface area contributed by atoms with E-state index in [0.29, 0.717) is 10.7 Å². The molecule has 3 aromatic rings. The Kier molecular flexibility index (Phi) is 9.92. The van der Waals surface area contributed by atoms with E-state index in [1.54, 1.807) is 25.1 Å². The first kappa shape index (κ1) is 30.1. The minimum Gasteiger partial charge on any atom is -0.352 e. The molecule has 10 heteroatoms. The molecule has 1 saturated carbocycles. The van der Waals surface area contributed by atoms with Gasteiger partial charge in [0.15, 0.2) is 0 Å². The van der Waals surface area contributed by atoms with Gasteiger partial charge in [-0.05, 0) is 86.3 Å². The monoisotopic (exact) mass is 645 g/mol. The van der Waals surface area contributed by atoms with Gasteiger partial charge >= 0.3 is 0 Å². The lowest BCUT2D eigenvalue weighted by Gasteiger charge is -2.32. The fraction of sp³-hybridized carbons (Fsp3) is 0.333. The number of aryl methyl sites for hydroxylation is 1. The summed E-state index contributed by atoms with van der Waals surface area (Å²) in [5.41, 5.74) is 2.01. The lowest BCUT2D eigenvalue weighted by Crippen LogP contribution is -2.52. The van der Waals surface area contributed by atoms with Crippen LogP contribution in [0.15, 0.2) is 82.2 Å². The highest BCUT2D eigenvalue weighted by molar-refractivity contribution is 9.10. The maximum atomic E-state index is 14.0. The number of hydrogen-bond acceptors (Lipinski definition) is 4. The minimum absolute atomic E-state index is 0.0109. The zero-order valence-corrected chi connectivity index (χ0v) is 25.7. The maximum absolute atomic E-state index is 14.0. The Hall–Kier alpha value is -2.88. The van der Waals surface area contributed by atoms with Gasteiger partial charge in [0.1, 0.15) is 12.6 Å². The molecule has 1 fully saturated rings. The molecule has 2 amide bonds. The molecule has 0 unspecified atom stereocenters. The molecule has 1 atom stereocenters. The normalized spacial score (nSPS) is 14.5. The van der Waals surface area contributed by atoms with E-state index in [1.807, 2.05) is 37.3 Å². The Bertz CT molecular complexity index is 1460. The number of sulfonamides is 1. The Balaban J connectivity index is 1.69. The molecule has 0 bridgehead atoms. The average molecular weight is 647 g/mol. The third-order valence-electron chi connectivity index (χ3n) is 7.08. The van der Waals surface area contributed by atoms with Crippen LogP contribution in [0.2, 0.25) is 5.02 Å².